The average molecular weight is 386 g/mol. The quantitative estimate of drug-likeness (QED) is 0.419. The molecule has 0 radical (unpaired) electrons. The molecule has 1 atom stereocenters. The maximum Gasteiger partial charge on any atom is 0.270 e. The second kappa shape index (κ2) is 7.20. The minimum absolute atomic E-state index is 0.148. The first-order chi connectivity index (χ1) is 14.0. The highest BCUT2D eigenvalue weighted by Gasteiger charge is 2.22. The van der Waals surface area contributed by atoms with Crippen molar-refractivity contribution in [2.24, 2.45) is 0 Å². The third kappa shape index (κ3) is 3.12. The molecule has 2 aromatic heterocycles. The van der Waals surface area contributed by atoms with Gasteiger partial charge in [-0.05, 0) is 30.7 Å². The fraction of sp³-hybridized carbons (Fsp3) is 0.0909. The molecule has 2 aromatic carbocycles. The van der Waals surface area contributed by atoms with Crippen molar-refractivity contribution in [1.82, 2.24) is 9.55 Å². The van der Waals surface area contributed by atoms with Crippen LogP contribution in [0.2, 0.25) is 0 Å². The second-order valence-corrected chi connectivity index (χ2v) is 6.72. The molecule has 0 unspecified atom stereocenters. The van der Waals surface area contributed by atoms with Crippen molar-refractivity contribution < 1.29 is 4.92 Å². The van der Waals surface area contributed by atoms with E-state index in [-0.39, 0.29) is 28.5 Å². The number of nitrogens with zero attached hydrogens (tertiary/aromatic N) is 3. The largest absolute Gasteiger partial charge is 0.384 e. The smallest absolute Gasteiger partial charge is 0.270 e. The molecule has 144 valence electrons. The van der Waals surface area contributed by atoms with Crippen molar-refractivity contribution in [1.29, 1.82) is 0 Å². The van der Waals surface area contributed by atoms with E-state index >= 15 is 0 Å². The maximum absolute atomic E-state index is 13.4. The van der Waals surface area contributed by atoms with E-state index in [1.165, 1.54) is 16.7 Å². The van der Waals surface area contributed by atoms with Gasteiger partial charge in [-0.3, -0.25) is 24.5 Å². The summed E-state index contributed by atoms with van der Waals surface area (Å²) in [5.74, 6) is 0.270. The number of rotatable bonds is 4. The standard InChI is InChI=1S/C22H18N4O3/c1-14(15-7-3-2-4-8-15)25-21(23)20(19-9-5-6-12-24-19)17-11-10-16(26(28)29)13-18(17)22(25)27/h2-14H,23H2,1H3/t14-/m0/s1. The van der Waals surface area contributed by atoms with Crippen LogP contribution in [0.25, 0.3) is 22.0 Å². The highest BCUT2D eigenvalue weighted by molar-refractivity contribution is 6.00. The van der Waals surface area contributed by atoms with Crippen molar-refractivity contribution in [3.63, 3.8) is 0 Å². The van der Waals surface area contributed by atoms with Gasteiger partial charge in [-0.2, -0.15) is 0 Å². The molecule has 0 saturated carbocycles. The first-order valence-electron chi connectivity index (χ1n) is 9.07. The first-order valence-corrected chi connectivity index (χ1v) is 9.07. The van der Waals surface area contributed by atoms with Crippen molar-refractivity contribution in [2.45, 2.75) is 13.0 Å². The predicted octanol–water partition coefficient (Wildman–Crippen LogP) is 4.16. The van der Waals surface area contributed by atoms with Crippen LogP contribution in [-0.2, 0) is 0 Å². The van der Waals surface area contributed by atoms with E-state index in [0.29, 0.717) is 16.6 Å². The van der Waals surface area contributed by atoms with Gasteiger partial charge < -0.3 is 5.73 Å². The minimum Gasteiger partial charge on any atom is -0.384 e. The van der Waals surface area contributed by atoms with Gasteiger partial charge in [-0.25, -0.2) is 0 Å². The third-order valence-electron chi connectivity index (χ3n) is 5.04. The van der Waals surface area contributed by atoms with Crippen molar-refractivity contribution in [2.75, 3.05) is 5.73 Å². The summed E-state index contributed by atoms with van der Waals surface area (Å²) in [6, 6.07) is 18.8. The van der Waals surface area contributed by atoms with Gasteiger partial charge in [0, 0.05) is 29.3 Å². The van der Waals surface area contributed by atoms with Crippen LogP contribution in [0.15, 0.2) is 77.7 Å². The number of nitrogens with two attached hydrogens (primary N) is 1. The lowest BCUT2D eigenvalue weighted by Gasteiger charge is -2.22. The summed E-state index contributed by atoms with van der Waals surface area (Å²) in [6.45, 7) is 1.87. The number of nitro groups is 1. The molecule has 0 fully saturated rings. The van der Waals surface area contributed by atoms with E-state index in [2.05, 4.69) is 4.98 Å². The van der Waals surface area contributed by atoms with Gasteiger partial charge in [-0.15, -0.1) is 0 Å². The Morgan fingerprint density at radius 2 is 1.76 bits per heavy atom. The minimum atomic E-state index is -0.513. The van der Waals surface area contributed by atoms with Gasteiger partial charge in [0.15, 0.2) is 0 Å². The van der Waals surface area contributed by atoms with E-state index in [0.717, 1.165) is 5.56 Å². The van der Waals surface area contributed by atoms with Gasteiger partial charge in [0.2, 0.25) is 0 Å². The van der Waals surface area contributed by atoms with Crippen LogP contribution in [0, 0.1) is 10.1 Å². The second-order valence-electron chi connectivity index (χ2n) is 6.72. The number of nitro benzene ring substituents is 1. The van der Waals surface area contributed by atoms with Gasteiger partial charge in [0.25, 0.3) is 11.2 Å². The number of nitrogen functional groups attached to an aromatic ring is 1. The molecule has 29 heavy (non-hydrogen) atoms. The summed E-state index contributed by atoms with van der Waals surface area (Å²) in [7, 11) is 0. The lowest BCUT2D eigenvalue weighted by Crippen LogP contribution is -2.27. The lowest BCUT2D eigenvalue weighted by atomic mass is 10.0. The Bertz CT molecular complexity index is 1270. The Labute approximate surface area is 166 Å². The molecule has 0 aliphatic carbocycles. The molecule has 0 aliphatic rings. The molecule has 0 spiro atoms. The summed E-state index contributed by atoms with van der Waals surface area (Å²) in [6.07, 6.45) is 1.64. The number of benzene rings is 2. The number of anilines is 1. The zero-order chi connectivity index (χ0) is 20.5. The van der Waals surface area contributed by atoms with Gasteiger partial charge in [0.1, 0.15) is 5.82 Å². The highest BCUT2D eigenvalue weighted by atomic mass is 16.6. The number of hydrogen-bond donors (Lipinski definition) is 1. The number of fused-ring (bicyclic) bond motifs is 1. The van der Waals surface area contributed by atoms with E-state index in [9.17, 15) is 14.9 Å². The molecular formula is C22H18N4O3. The number of pyridine rings is 2. The van der Waals surface area contributed by atoms with Crippen molar-refractivity contribution in [3.8, 4) is 11.3 Å². The summed E-state index contributed by atoms with van der Waals surface area (Å²) in [5.41, 5.74) is 8.06. The van der Waals surface area contributed by atoms with Crippen LogP contribution in [-0.4, -0.2) is 14.5 Å². The topological polar surface area (TPSA) is 104 Å². The summed E-state index contributed by atoms with van der Waals surface area (Å²) < 4.78 is 1.48. The van der Waals surface area contributed by atoms with Crippen LogP contribution < -0.4 is 11.3 Å². The molecule has 0 aliphatic heterocycles. The van der Waals surface area contributed by atoms with Gasteiger partial charge in [0.05, 0.1) is 22.0 Å². The lowest BCUT2D eigenvalue weighted by molar-refractivity contribution is -0.384. The van der Waals surface area contributed by atoms with Crippen LogP contribution >= 0.6 is 0 Å². The normalized spacial score (nSPS) is 12.0. The highest BCUT2D eigenvalue weighted by Crippen LogP contribution is 2.34. The van der Waals surface area contributed by atoms with E-state index < -0.39 is 4.92 Å². The number of hydrogen-bond acceptors (Lipinski definition) is 5. The van der Waals surface area contributed by atoms with E-state index in [4.69, 9.17) is 5.73 Å². The molecule has 0 saturated heterocycles. The van der Waals surface area contributed by atoms with Gasteiger partial charge >= 0.3 is 0 Å². The molecule has 2 N–H and O–H groups in total. The molecule has 0 bridgehead atoms. The molecule has 2 heterocycles. The molecule has 4 aromatic rings. The Balaban J connectivity index is 2.11. The maximum atomic E-state index is 13.4. The Kier molecular flexibility index (Phi) is 4.56. The Hall–Kier alpha value is -4.00. The van der Waals surface area contributed by atoms with Crippen molar-refractivity contribution >= 4 is 22.3 Å². The summed E-state index contributed by atoms with van der Waals surface area (Å²) in [5, 5.41) is 12.0. The van der Waals surface area contributed by atoms with Crippen LogP contribution in [0.4, 0.5) is 11.5 Å². The average Bonchev–Trinajstić information content (AvgIpc) is 2.75. The van der Waals surface area contributed by atoms with Crippen LogP contribution in [0.1, 0.15) is 18.5 Å². The fourth-order valence-corrected chi connectivity index (χ4v) is 3.58. The van der Waals surface area contributed by atoms with Crippen molar-refractivity contribution in [3.05, 3.63) is 99.0 Å². The van der Waals surface area contributed by atoms with Crippen LogP contribution in [0.3, 0.4) is 0 Å². The molecule has 7 nitrogen and oxygen atoms in total. The summed E-state index contributed by atoms with van der Waals surface area (Å²) >= 11 is 0. The number of aromatic nitrogens is 2. The molecular weight excluding hydrogens is 368 g/mol. The number of non-ortho nitro benzene ring substituents is 1. The Morgan fingerprint density at radius 3 is 2.41 bits per heavy atom. The molecule has 7 heteroatoms. The fourth-order valence-electron chi connectivity index (χ4n) is 3.58. The third-order valence-corrected chi connectivity index (χ3v) is 5.04. The predicted molar refractivity (Wildman–Crippen MR) is 113 cm³/mol. The monoisotopic (exact) mass is 386 g/mol. The first kappa shape index (κ1) is 18.4. The molecule has 0 amide bonds. The summed E-state index contributed by atoms with van der Waals surface area (Å²) in [4.78, 5) is 28.5. The SMILES string of the molecule is C[C@@H](c1ccccc1)n1c(N)c(-c2ccccn2)c2ccc([N+](=O)[O-])cc2c1=O. The van der Waals surface area contributed by atoms with Crippen LogP contribution in [0.5, 0.6) is 0 Å². The molecule has 4 rings (SSSR count). The van der Waals surface area contributed by atoms with Gasteiger partial charge in [-0.1, -0.05) is 36.4 Å². The Morgan fingerprint density at radius 1 is 1.03 bits per heavy atom. The zero-order valence-corrected chi connectivity index (χ0v) is 15.6. The van der Waals surface area contributed by atoms with E-state index in [1.807, 2.05) is 43.3 Å². The van der Waals surface area contributed by atoms with E-state index in [1.54, 1.807) is 24.4 Å². The zero-order valence-electron chi connectivity index (χ0n) is 15.6.